The lowest BCUT2D eigenvalue weighted by molar-refractivity contribution is -0.143. The number of nitrogens with two attached hydrogens (primary N) is 1. The van der Waals surface area contributed by atoms with Gasteiger partial charge in [0.2, 0.25) is 11.8 Å². The summed E-state index contributed by atoms with van der Waals surface area (Å²) in [5.74, 6) is 0.712. The number of piperidine rings is 1. The number of amides is 2. The Morgan fingerprint density at radius 1 is 1.24 bits per heavy atom. The van der Waals surface area contributed by atoms with Gasteiger partial charge in [0, 0.05) is 33.1 Å². The zero-order valence-electron chi connectivity index (χ0n) is 13.5. The van der Waals surface area contributed by atoms with Crippen molar-refractivity contribution in [3.8, 4) is 0 Å². The van der Waals surface area contributed by atoms with E-state index in [4.69, 9.17) is 5.73 Å². The first-order valence-corrected chi connectivity index (χ1v) is 7.73. The summed E-state index contributed by atoms with van der Waals surface area (Å²) in [6.07, 6.45) is 3.51. The summed E-state index contributed by atoms with van der Waals surface area (Å²) in [4.78, 5) is 25.5. The van der Waals surface area contributed by atoms with Crippen LogP contribution < -0.4 is 11.1 Å². The van der Waals surface area contributed by atoms with Crippen LogP contribution in [-0.4, -0.2) is 42.9 Å². The maximum atomic E-state index is 12.7. The second-order valence-corrected chi connectivity index (χ2v) is 5.86. The van der Waals surface area contributed by atoms with Gasteiger partial charge in [0.25, 0.3) is 0 Å². The summed E-state index contributed by atoms with van der Waals surface area (Å²) in [5, 5.41) is 2.86. The monoisotopic (exact) mass is 319 g/mol. The molecule has 0 atom stereocenters. The third-order valence-electron chi connectivity index (χ3n) is 4.74. The molecule has 0 aromatic rings. The first-order chi connectivity index (χ1) is 9.49. The normalized spacial score (nSPS) is 16.3. The Hall–Kier alpha value is -0.810. The number of likely N-dealkylation sites (tertiary alicyclic amines) is 1. The van der Waals surface area contributed by atoms with E-state index in [1.54, 1.807) is 0 Å². The lowest BCUT2D eigenvalue weighted by atomic mass is 9.80. The SMILES string of the molecule is CCC(CC)(CN)C(=O)N1CCC(CNC(C)=O)CC1.Cl. The Labute approximate surface area is 134 Å². The zero-order chi connectivity index (χ0) is 15.2. The van der Waals surface area contributed by atoms with E-state index in [1.807, 2.05) is 18.7 Å². The molecule has 2 amide bonds. The van der Waals surface area contributed by atoms with Crippen LogP contribution >= 0.6 is 12.4 Å². The summed E-state index contributed by atoms with van der Waals surface area (Å²) in [5.41, 5.74) is 5.47. The number of hydrogen-bond donors (Lipinski definition) is 2. The van der Waals surface area contributed by atoms with E-state index in [9.17, 15) is 9.59 Å². The Morgan fingerprint density at radius 2 is 1.76 bits per heavy atom. The van der Waals surface area contributed by atoms with Crippen LogP contribution in [0.1, 0.15) is 46.5 Å². The molecule has 1 rings (SSSR count). The minimum atomic E-state index is -0.384. The number of hydrogen-bond acceptors (Lipinski definition) is 3. The van der Waals surface area contributed by atoms with E-state index in [0.29, 0.717) is 12.5 Å². The molecule has 0 bridgehead atoms. The van der Waals surface area contributed by atoms with Gasteiger partial charge in [-0.25, -0.2) is 0 Å². The van der Waals surface area contributed by atoms with E-state index in [0.717, 1.165) is 45.3 Å². The van der Waals surface area contributed by atoms with Crippen LogP contribution in [0, 0.1) is 11.3 Å². The Morgan fingerprint density at radius 3 is 2.14 bits per heavy atom. The molecule has 0 unspecified atom stereocenters. The second-order valence-electron chi connectivity index (χ2n) is 5.86. The fourth-order valence-corrected chi connectivity index (χ4v) is 2.89. The Balaban J connectivity index is 0.00000400. The van der Waals surface area contributed by atoms with Gasteiger partial charge in [0.05, 0.1) is 5.41 Å². The minimum Gasteiger partial charge on any atom is -0.356 e. The predicted molar refractivity (Wildman–Crippen MR) is 87.3 cm³/mol. The lowest BCUT2D eigenvalue weighted by Crippen LogP contribution is -2.50. The molecule has 1 heterocycles. The molecule has 0 aliphatic carbocycles. The molecule has 1 aliphatic rings. The molecule has 21 heavy (non-hydrogen) atoms. The number of carbonyl (C=O) groups excluding carboxylic acids is 2. The van der Waals surface area contributed by atoms with Gasteiger partial charge in [-0.1, -0.05) is 13.8 Å². The van der Waals surface area contributed by atoms with E-state index in [2.05, 4.69) is 5.32 Å². The maximum Gasteiger partial charge on any atom is 0.230 e. The van der Waals surface area contributed by atoms with Gasteiger partial charge in [-0.3, -0.25) is 9.59 Å². The van der Waals surface area contributed by atoms with Gasteiger partial charge in [0.15, 0.2) is 0 Å². The van der Waals surface area contributed by atoms with Crippen molar-refractivity contribution in [1.29, 1.82) is 0 Å². The maximum absolute atomic E-state index is 12.7. The standard InChI is InChI=1S/C15H29N3O2.ClH/c1-4-15(5-2,11-16)14(20)18-8-6-13(7-9-18)10-17-12(3)19;/h13H,4-11,16H2,1-3H3,(H,17,19);1H. The van der Waals surface area contributed by atoms with E-state index >= 15 is 0 Å². The van der Waals surface area contributed by atoms with Crippen LogP contribution in [-0.2, 0) is 9.59 Å². The van der Waals surface area contributed by atoms with Crippen molar-refractivity contribution in [2.45, 2.75) is 46.5 Å². The average Bonchev–Trinajstić information content (AvgIpc) is 2.48. The van der Waals surface area contributed by atoms with Crippen LogP contribution in [0.2, 0.25) is 0 Å². The van der Waals surface area contributed by atoms with Crippen LogP contribution in [0.5, 0.6) is 0 Å². The number of rotatable bonds is 6. The molecule has 6 heteroatoms. The predicted octanol–water partition coefficient (Wildman–Crippen LogP) is 1.55. The lowest BCUT2D eigenvalue weighted by Gasteiger charge is -2.39. The highest BCUT2D eigenvalue weighted by molar-refractivity contribution is 5.85. The van der Waals surface area contributed by atoms with Crippen molar-refractivity contribution in [3.05, 3.63) is 0 Å². The summed E-state index contributed by atoms with van der Waals surface area (Å²) in [6, 6.07) is 0. The first kappa shape index (κ1) is 20.2. The fourth-order valence-electron chi connectivity index (χ4n) is 2.89. The smallest absolute Gasteiger partial charge is 0.230 e. The molecular weight excluding hydrogens is 290 g/mol. The Kier molecular flexibility index (Phi) is 8.90. The summed E-state index contributed by atoms with van der Waals surface area (Å²) in [6.45, 7) is 8.33. The molecule has 5 nitrogen and oxygen atoms in total. The van der Waals surface area contributed by atoms with E-state index in [-0.39, 0.29) is 29.6 Å². The van der Waals surface area contributed by atoms with Crippen molar-refractivity contribution in [2.24, 2.45) is 17.1 Å². The summed E-state index contributed by atoms with van der Waals surface area (Å²) in [7, 11) is 0. The third-order valence-corrected chi connectivity index (χ3v) is 4.74. The van der Waals surface area contributed by atoms with Crippen molar-refractivity contribution >= 4 is 24.2 Å². The van der Waals surface area contributed by atoms with Crippen LogP contribution in [0.4, 0.5) is 0 Å². The average molecular weight is 320 g/mol. The van der Waals surface area contributed by atoms with Crippen LogP contribution in [0.3, 0.4) is 0 Å². The highest BCUT2D eigenvalue weighted by Gasteiger charge is 2.37. The van der Waals surface area contributed by atoms with Gasteiger partial charge >= 0.3 is 0 Å². The van der Waals surface area contributed by atoms with Crippen molar-refractivity contribution in [3.63, 3.8) is 0 Å². The molecule has 0 radical (unpaired) electrons. The van der Waals surface area contributed by atoms with Crippen molar-refractivity contribution in [2.75, 3.05) is 26.2 Å². The van der Waals surface area contributed by atoms with Gasteiger partial charge in [0.1, 0.15) is 0 Å². The molecule has 1 saturated heterocycles. The fraction of sp³-hybridized carbons (Fsp3) is 0.867. The van der Waals surface area contributed by atoms with E-state index < -0.39 is 0 Å². The van der Waals surface area contributed by atoms with Crippen LogP contribution in [0.25, 0.3) is 0 Å². The number of halogens is 1. The van der Waals surface area contributed by atoms with Gasteiger partial charge in [-0.05, 0) is 31.6 Å². The summed E-state index contributed by atoms with van der Waals surface area (Å²) >= 11 is 0. The molecule has 1 aliphatic heterocycles. The molecular formula is C15H30ClN3O2. The highest BCUT2D eigenvalue weighted by atomic mass is 35.5. The second kappa shape index (κ2) is 9.26. The minimum absolute atomic E-state index is 0. The van der Waals surface area contributed by atoms with Gasteiger partial charge < -0.3 is 16.0 Å². The van der Waals surface area contributed by atoms with E-state index in [1.165, 1.54) is 6.92 Å². The molecule has 0 aromatic carbocycles. The molecule has 1 fully saturated rings. The highest BCUT2D eigenvalue weighted by Crippen LogP contribution is 2.29. The van der Waals surface area contributed by atoms with Gasteiger partial charge in [-0.2, -0.15) is 0 Å². The van der Waals surface area contributed by atoms with Gasteiger partial charge in [-0.15, -0.1) is 12.4 Å². The molecule has 3 N–H and O–H groups in total. The zero-order valence-corrected chi connectivity index (χ0v) is 14.3. The molecule has 0 saturated carbocycles. The number of nitrogens with one attached hydrogen (secondary N) is 1. The Bertz CT molecular complexity index is 330. The first-order valence-electron chi connectivity index (χ1n) is 7.73. The quantitative estimate of drug-likeness (QED) is 0.780. The van der Waals surface area contributed by atoms with Crippen molar-refractivity contribution in [1.82, 2.24) is 10.2 Å². The topological polar surface area (TPSA) is 75.4 Å². The molecule has 124 valence electrons. The number of carbonyl (C=O) groups is 2. The summed E-state index contributed by atoms with van der Waals surface area (Å²) < 4.78 is 0. The van der Waals surface area contributed by atoms with Crippen LogP contribution in [0.15, 0.2) is 0 Å². The van der Waals surface area contributed by atoms with Crippen molar-refractivity contribution < 1.29 is 9.59 Å². The number of nitrogens with zero attached hydrogens (tertiary/aromatic N) is 1. The largest absolute Gasteiger partial charge is 0.356 e. The molecule has 0 aromatic heterocycles. The third kappa shape index (κ3) is 5.15. The molecule has 0 spiro atoms.